The van der Waals surface area contributed by atoms with Crippen molar-refractivity contribution in [1.29, 1.82) is 0 Å². The number of benzene rings is 1. The maximum atomic E-state index is 6.06. The molecule has 0 aliphatic carbocycles. The van der Waals surface area contributed by atoms with Gasteiger partial charge in [0.05, 0.1) is 18.7 Å². The summed E-state index contributed by atoms with van der Waals surface area (Å²) in [6.45, 7) is 12.3. The largest absolute Gasteiger partial charge is 0.493 e. The molecule has 0 radical (unpaired) electrons. The maximum Gasteiger partial charge on any atom is 0.217 e. The van der Waals surface area contributed by atoms with Crippen LogP contribution in [0.2, 0.25) is 0 Å². The van der Waals surface area contributed by atoms with Gasteiger partial charge in [-0.1, -0.05) is 39.8 Å². The Morgan fingerprint density at radius 2 is 1.61 bits per heavy atom. The van der Waals surface area contributed by atoms with Crippen LogP contribution >= 0.6 is 0 Å². The standard InChI is InChI=1S/C20H29NO2/c1-14(2)9-11-22-18-13-19(23-12-10-15(3)4)21-17-8-6-7-16(5)20(17)18/h6-8,13-15H,9-12H2,1-5H3. The average Bonchev–Trinajstić information content (AvgIpc) is 2.46. The third kappa shape index (κ3) is 5.12. The van der Waals surface area contributed by atoms with E-state index in [0.29, 0.717) is 24.3 Å². The summed E-state index contributed by atoms with van der Waals surface area (Å²) in [6, 6.07) is 8.09. The van der Waals surface area contributed by atoms with Crippen LogP contribution in [0.5, 0.6) is 11.6 Å². The molecular weight excluding hydrogens is 286 g/mol. The first kappa shape index (κ1) is 17.6. The summed E-state index contributed by atoms with van der Waals surface area (Å²) in [5.74, 6) is 2.79. The van der Waals surface area contributed by atoms with E-state index in [-0.39, 0.29) is 0 Å². The Bertz CT molecular complexity index is 635. The van der Waals surface area contributed by atoms with E-state index in [9.17, 15) is 0 Å². The third-order valence-electron chi connectivity index (χ3n) is 3.88. The van der Waals surface area contributed by atoms with Crippen LogP contribution in [-0.4, -0.2) is 18.2 Å². The van der Waals surface area contributed by atoms with Crippen molar-refractivity contribution in [1.82, 2.24) is 4.98 Å². The summed E-state index contributed by atoms with van der Waals surface area (Å²) >= 11 is 0. The number of fused-ring (bicyclic) bond motifs is 1. The molecular formula is C20H29NO2. The molecule has 0 N–H and O–H groups in total. The van der Waals surface area contributed by atoms with Gasteiger partial charge in [0.1, 0.15) is 5.75 Å². The summed E-state index contributed by atoms with van der Waals surface area (Å²) in [6.07, 6.45) is 2.07. The molecule has 1 aromatic carbocycles. The molecule has 0 aliphatic heterocycles. The molecule has 0 saturated heterocycles. The van der Waals surface area contributed by atoms with Gasteiger partial charge in [-0.3, -0.25) is 0 Å². The maximum absolute atomic E-state index is 6.06. The molecule has 3 heteroatoms. The van der Waals surface area contributed by atoms with E-state index in [1.54, 1.807) is 0 Å². The molecule has 0 unspecified atom stereocenters. The minimum Gasteiger partial charge on any atom is -0.493 e. The van der Waals surface area contributed by atoms with Crippen molar-refractivity contribution in [2.75, 3.05) is 13.2 Å². The first-order chi connectivity index (χ1) is 11.0. The van der Waals surface area contributed by atoms with Crippen LogP contribution in [0.3, 0.4) is 0 Å². The van der Waals surface area contributed by atoms with Crippen LogP contribution in [0.25, 0.3) is 10.9 Å². The highest BCUT2D eigenvalue weighted by Crippen LogP contribution is 2.31. The lowest BCUT2D eigenvalue weighted by Gasteiger charge is -2.14. The van der Waals surface area contributed by atoms with Gasteiger partial charge in [-0.15, -0.1) is 0 Å². The number of rotatable bonds is 8. The van der Waals surface area contributed by atoms with E-state index in [1.165, 1.54) is 5.56 Å². The van der Waals surface area contributed by atoms with Crippen molar-refractivity contribution in [3.63, 3.8) is 0 Å². The summed E-state index contributed by atoms with van der Waals surface area (Å²) in [5, 5.41) is 1.09. The van der Waals surface area contributed by atoms with Gasteiger partial charge in [0.25, 0.3) is 0 Å². The topological polar surface area (TPSA) is 31.4 Å². The van der Waals surface area contributed by atoms with E-state index in [1.807, 2.05) is 18.2 Å². The van der Waals surface area contributed by atoms with Crippen LogP contribution in [0.15, 0.2) is 24.3 Å². The lowest BCUT2D eigenvalue weighted by atomic mass is 10.1. The molecule has 0 spiro atoms. The molecule has 1 heterocycles. The second-order valence-electron chi connectivity index (χ2n) is 6.99. The first-order valence-electron chi connectivity index (χ1n) is 8.63. The summed E-state index contributed by atoms with van der Waals surface area (Å²) in [4.78, 5) is 4.63. The lowest BCUT2D eigenvalue weighted by Crippen LogP contribution is -2.05. The Balaban J connectivity index is 2.24. The van der Waals surface area contributed by atoms with E-state index in [4.69, 9.17) is 9.47 Å². The predicted molar refractivity (Wildman–Crippen MR) is 96.4 cm³/mol. The SMILES string of the molecule is Cc1cccc2nc(OCCC(C)C)cc(OCCC(C)C)c12. The van der Waals surface area contributed by atoms with Gasteiger partial charge in [-0.05, 0) is 43.2 Å². The molecule has 126 valence electrons. The fourth-order valence-electron chi connectivity index (χ4n) is 2.39. The number of nitrogens with zero attached hydrogens (tertiary/aromatic N) is 1. The highest BCUT2D eigenvalue weighted by Gasteiger charge is 2.11. The van der Waals surface area contributed by atoms with Crippen molar-refractivity contribution >= 4 is 10.9 Å². The summed E-state index contributed by atoms with van der Waals surface area (Å²) < 4.78 is 11.9. The first-order valence-corrected chi connectivity index (χ1v) is 8.63. The van der Waals surface area contributed by atoms with Gasteiger partial charge in [-0.25, -0.2) is 4.98 Å². The second-order valence-corrected chi connectivity index (χ2v) is 6.99. The van der Waals surface area contributed by atoms with Gasteiger partial charge >= 0.3 is 0 Å². The molecule has 0 atom stereocenters. The van der Waals surface area contributed by atoms with Crippen LogP contribution in [-0.2, 0) is 0 Å². The Morgan fingerprint density at radius 1 is 0.957 bits per heavy atom. The zero-order valence-electron chi connectivity index (χ0n) is 15.1. The normalized spacial score (nSPS) is 11.4. The minimum absolute atomic E-state index is 0.625. The highest BCUT2D eigenvalue weighted by molar-refractivity contribution is 5.88. The predicted octanol–water partition coefficient (Wildman–Crippen LogP) is 5.39. The van der Waals surface area contributed by atoms with Gasteiger partial charge in [-0.2, -0.15) is 0 Å². The number of hydrogen-bond acceptors (Lipinski definition) is 3. The number of ether oxygens (including phenoxy) is 2. The third-order valence-corrected chi connectivity index (χ3v) is 3.88. The zero-order valence-corrected chi connectivity index (χ0v) is 15.1. The van der Waals surface area contributed by atoms with E-state index < -0.39 is 0 Å². The Labute approximate surface area is 140 Å². The zero-order chi connectivity index (χ0) is 16.8. The monoisotopic (exact) mass is 315 g/mol. The van der Waals surface area contributed by atoms with Crippen LogP contribution in [0, 0.1) is 18.8 Å². The van der Waals surface area contributed by atoms with Gasteiger partial charge in [0, 0.05) is 11.5 Å². The minimum atomic E-state index is 0.625. The Morgan fingerprint density at radius 3 is 2.26 bits per heavy atom. The average molecular weight is 315 g/mol. The van der Waals surface area contributed by atoms with E-state index in [0.717, 1.165) is 36.1 Å². The fraction of sp³-hybridized carbons (Fsp3) is 0.550. The van der Waals surface area contributed by atoms with Crippen molar-refractivity contribution in [3.05, 3.63) is 29.8 Å². The lowest BCUT2D eigenvalue weighted by molar-refractivity contribution is 0.271. The molecule has 0 amide bonds. The molecule has 0 saturated carbocycles. The molecule has 0 fully saturated rings. The summed E-state index contributed by atoms with van der Waals surface area (Å²) in [5.41, 5.74) is 2.12. The van der Waals surface area contributed by atoms with E-state index in [2.05, 4.69) is 45.7 Å². The highest BCUT2D eigenvalue weighted by atomic mass is 16.5. The quantitative estimate of drug-likeness (QED) is 0.654. The van der Waals surface area contributed by atoms with Crippen LogP contribution in [0.4, 0.5) is 0 Å². The Kier molecular flexibility index (Phi) is 6.26. The molecule has 0 bridgehead atoms. The fourth-order valence-corrected chi connectivity index (χ4v) is 2.39. The van der Waals surface area contributed by atoms with Gasteiger partial charge in [0.2, 0.25) is 5.88 Å². The van der Waals surface area contributed by atoms with Crippen molar-refractivity contribution < 1.29 is 9.47 Å². The smallest absolute Gasteiger partial charge is 0.217 e. The number of hydrogen-bond donors (Lipinski definition) is 0. The number of pyridine rings is 1. The van der Waals surface area contributed by atoms with Crippen molar-refractivity contribution in [2.24, 2.45) is 11.8 Å². The molecule has 3 nitrogen and oxygen atoms in total. The van der Waals surface area contributed by atoms with Gasteiger partial charge < -0.3 is 9.47 Å². The van der Waals surface area contributed by atoms with Gasteiger partial charge in [0.15, 0.2) is 0 Å². The molecule has 0 aliphatic rings. The molecule has 1 aromatic heterocycles. The molecule has 2 rings (SSSR count). The Hall–Kier alpha value is -1.77. The van der Waals surface area contributed by atoms with Crippen molar-refractivity contribution in [2.45, 2.75) is 47.5 Å². The number of aromatic nitrogens is 1. The van der Waals surface area contributed by atoms with Crippen LogP contribution in [0.1, 0.15) is 46.1 Å². The molecule has 23 heavy (non-hydrogen) atoms. The van der Waals surface area contributed by atoms with E-state index >= 15 is 0 Å². The molecule has 2 aromatic rings. The van der Waals surface area contributed by atoms with Crippen molar-refractivity contribution in [3.8, 4) is 11.6 Å². The summed E-state index contributed by atoms with van der Waals surface area (Å²) in [7, 11) is 0. The second kappa shape index (κ2) is 8.19. The van der Waals surface area contributed by atoms with Crippen LogP contribution < -0.4 is 9.47 Å². The number of aryl methyl sites for hydroxylation is 1.